The molecule has 0 spiro atoms. The normalized spacial score (nSPS) is 19.6. The molecule has 0 amide bonds. The molecular formula is C65H83N3O. The number of rotatable bonds is 5. The Bertz CT molecular complexity index is 3800. The van der Waals surface area contributed by atoms with Crippen LogP contribution in [0.5, 0.6) is 5.75 Å². The van der Waals surface area contributed by atoms with Crippen molar-refractivity contribution in [3.8, 4) is 56.3 Å². The third-order valence-electron chi connectivity index (χ3n) is 12.8. The van der Waals surface area contributed by atoms with Crippen LogP contribution in [0.15, 0.2) is 97.1 Å². The molecule has 69 heavy (non-hydrogen) atoms. The van der Waals surface area contributed by atoms with Gasteiger partial charge in [0.25, 0.3) is 0 Å². The van der Waals surface area contributed by atoms with Gasteiger partial charge in [-0.3, -0.25) is 9.55 Å². The fourth-order valence-electron chi connectivity index (χ4n) is 8.69. The van der Waals surface area contributed by atoms with E-state index < -0.39 is 121 Å². The number of fused-ring (bicyclic) bond motifs is 1. The van der Waals surface area contributed by atoms with E-state index in [1.54, 1.807) is 30.3 Å². The lowest BCUT2D eigenvalue weighted by Crippen LogP contribution is -2.25. The lowest BCUT2D eigenvalue weighted by Gasteiger charge is -2.34. The SMILES string of the molecule is [2H]c1c(-c2nc3c(-c4cc(-c5cc(-c6ccc(C(C)(C)C)cc6)c(C([2H])([2H])[2H])cn5)cc(C(C)(C)C)c4)cccc3n2-c2c(C(C)(C)C)cc(C(C)(C)C)cc2C(C)(C)C)c(O)c(C(C([2H])([2H])[2H])(C([2H])([2H])[2H])C([2H])([2H])[2H])c([2H])c1C(C([2H])([2H])[2H])(C([2H])([2H])[2H])C([2H])([2H])[2H]. The van der Waals surface area contributed by atoms with Crippen molar-refractivity contribution in [3.05, 3.63) is 142 Å². The van der Waals surface area contributed by atoms with Crippen molar-refractivity contribution >= 4 is 11.0 Å². The Morgan fingerprint density at radius 1 is 0.493 bits per heavy atom. The van der Waals surface area contributed by atoms with Gasteiger partial charge in [0.1, 0.15) is 11.6 Å². The van der Waals surface area contributed by atoms with Crippen molar-refractivity contribution in [1.29, 1.82) is 0 Å². The van der Waals surface area contributed by atoms with E-state index in [0.717, 1.165) is 16.7 Å². The molecule has 0 aliphatic rings. The van der Waals surface area contributed by atoms with Crippen LogP contribution in [0.1, 0.15) is 221 Å². The molecule has 7 rings (SSSR count). The number of nitrogens with zero attached hydrogens (tertiary/aromatic N) is 3. The highest BCUT2D eigenvalue weighted by atomic mass is 16.3. The summed E-state index contributed by atoms with van der Waals surface area (Å²) in [6.45, 7) is 0.895. The second-order valence-corrected chi connectivity index (χ2v) is 23.8. The van der Waals surface area contributed by atoms with E-state index in [1.165, 1.54) is 10.8 Å². The van der Waals surface area contributed by atoms with Crippen LogP contribution in [0.25, 0.3) is 61.6 Å². The molecule has 0 aliphatic heterocycles. The zero-order valence-electron chi connectivity index (χ0n) is 65.9. The summed E-state index contributed by atoms with van der Waals surface area (Å²) in [5.74, 6) is -2.38. The van der Waals surface area contributed by atoms with Crippen molar-refractivity contribution in [1.82, 2.24) is 14.5 Å². The minimum absolute atomic E-state index is 0.00374. The first-order chi connectivity index (χ1) is 41.0. The average molecular weight is 946 g/mol. The largest absolute Gasteiger partial charge is 0.507 e. The van der Waals surface area contributed by atoms with Gasteiger partial charge in [-0.15, -0.1) is 0 Å². The monoisotopic (exact) mass is 945 g/mol. The number of benzene rings is 5. The minimum atomic E-state index is -4.46. The number of phenolic OH excluding ortho intramolecular Hbond substituents is 1. The average Bonchev–Trinajstić information content (AvgIpc) is 0.823. The fourth-order valence-corrected chi connectivity index (χ4v) is 8.69. The van der Waals surface area contributed by atoms with E-state index in [0.29, 0.717) is 44.6 Å². The zero-order valence-corrected chi connectivity index (χ0v) is 42.9. The zero-order chi connectivity index (χ0) is 70.6. The summed E-state index contributed by atoms with van der Waals surface area (Å²) in [5, 5.41) is 13.4. The molecule has 2 aromatic heterocycles. The Morgan fingerprint density at radius 3 is 1.59 bits per heavy atom. The number of imidazole rings is 1. The molecule has 0 saturated heterocycles. The Hall–Kier alpha value is -5.48. The Balaban J connectivity index is 1.86. The van der Waals surface area contributed by atoms with Crippen molar-refractivity contribution < 1.29 is 36.6 Å². The van der Waals surface area contributed by atoms with Crippen LogP contribution in [0.4, 0.5) is 0 Å². The molecule has 7 aromatic rings. The van der Waals surface area contributed by atoms with Crippen LogP contribution >= 0.6 is 0 Å². The van der Waals surface area contributed by atoms with E-state index in [4.69, 9.17) is 38.8 Å². The fraction of sp³-hybridized carbons (Fsp3) is 0.446. The smallest absolute Gasteiger partial charge is 0.149 e. The third kappa shape index (κ3) is 10.2. The third-order valence-corrected chi connectivity index (χ3v) is 12.8. The molecule has 4 nitrogen and oxygen atoms in total. The number of aryl methyl sites for hydroxylation is 1. The van der Waals surface area contributed by atoms with Gasteiger partial charge in [-0.1, -0.05) is 206 Å². The van der Waals surface area contributed by atoms with E-state index >= 15 is 0 Å². The van der Waals surface area contributed by atoms with Crippen LogP contribution in [-0.2, 0) is 37.9 Å². The van der Waals surface area contributed by atoms with Crippen molar-refractivity contribution in [2.24, 2.45) is 0 Å². The lowest BCUT2D eigenvalue weighted by atomic mass is 9.74. The molecule has 0 unspecified atom stereocenters. The Morgan fingerprint density at radius 2 is 1.06 bits per heavy atom. The molecule has 0 fully saturated rings. The molecule has 0 bridgehead atoms. The molecule has 5 aromatic carbocycles. The number of hydrogen-bond donors (Lipinski definition) is 1. The van der Waals surface area contributed by atoms with Crippen molar-refractivity contribution in [3.63, 3.8) is 0 Å². The van der Waals surface area contributed by atoms with Crippen LogP contribution in [-0.4, -0.2) is 19.6 Å². The van der Waals surface area contributed by atoms with Gasteiger partial charge in [-0.25, -0.2) is 4.98 Å². The highest BCUT2D eigenvalue weighted by Gasteiger charge is 2.35. The Labute approximate surface area is 449 Å². The maximum absolute atomic E-state index is 13.4. The minimum Gasteiger partial charge on any atom is -0.507 e. The molecule has 0 radical (unpaired) electrons. The number of hydrogen-bond acceptors (Lipinski definition) is 3. The van der Waals surface area contributed by atoms with Gasteiger partial charge in [-0.05, 0) is 131 Å². The second-order valence-electron chi connectivity index (χ2n) is 23.8. The van der Waals surface area contributed by atoms with Crippen LogP contribution in [0.3, 0.4) is 0 Å². The summed E-state index contributed by atoms with van der Waals surface area (Å²) in [6.07, 6.45) is 1.33. The van der Waals surface area contributed by atoms with Crippen LogP contribution < -0.4 is 0 Å². The summed E-state index contributed by atoms with van der Waals surface area (Å²) < 4.78 is 208. The highest BCUT2D eigenvalue weighted by molar-refractivity contribution is 5.97. The summed E-state index contributed by atoms with van der Waals surface area (Å²) in [7, 11) is 0. The highest BCUT2D eigenvalue weighted by Crippen LogP contribution is 2.48. The van der Waals surface area contributed by atoms with E-state index in [-0.39, 0.29) is 27.7 Å². The first kappa shape index (κ1) is 29.0. The molecule has 2 heterocycles. The van der Waals surface area contributed by atoms with Gasteiger partial charge >= 0.3 is 0 Å². The molecule has 364 valence electrons. The van der Waals surface area contributed by atoms with Gasteiger partial charge < -0.3 is 5.11 Å². The first-order valence-electron chi connectivity index (χ1n) is 34.9. The number of aromatic nitrogens is 3. The lowest BCUT2D eigenvalue weighted by molar-refractivity contribution is 0.446. The Kier molecular flexibility index (Phi) is 7.20. The number of phenols is 1. The summed E-state index contributed by atoms with van der Waals surface area (Å²) in [6, 6.07) is 20.3. The maximum atomic E-state index is 13.4. The van der Waals surface area contributed by atoms with Crippen molar-refractivity contribution in [2.75, 3.05) is 0 Å². The van der Waals surface area contributed by atoms with Crippen LogP contribution in [0, 0.1) is 6.85 Å². The molecule has 0 saturated carbocycles. The number of pyridine rings is 1. The number of aromatic hydroxyl groups is 1. The van der Waals surface area contributed by atoms with Gasteiger partial charge in [-0.2, -0.15) is 0 Å². The predicted molar refractivity (Wildman–Crippen MR) is 298 cm³/mol. The topological polar surface area (TPSA) is 50.9 Å². The van der Waals surface area contributed by atoms with Crippen LogP contribution in [0.2, 0.25) is 0 Å². The molecule has 0 aliphatic carbocycles. The molecule has 1 N–H and O–H groups in total. The summed E-state index contributed by atoms with van der Waals surface area (Å²) in [4.78, 5) is 10.0. The van der Waals surface area contributed by atoms with Crippen molar-refractivity contribution in [2.45, 2.75) is 190 Å². The van der Waals surface area contributed by atoms with Gasteiger partial charge in [0.15, 0.2) is 0 Å². The molecule has 4 heteroatoms. The summed E-state index contributed by atoms with van der Waals surface area (Å²) in [5.41, 5.74) is -10.1. The quantitative estimate of drug-likeness (QED) is 0.187. The first-order valence-corrected chi connectivity index (χ1v) is 23.4. The molecular weight excluding hydrogens is 839 g/mol. The summed E-state index contributed by atoms with van der Waals surface area (Å²) >= 11 is 0. The number of para-hydroxylation sites is 1. The maximum Gasteiger partial charge on any atom is 0.149 e. The standard InChI is InChI=1S/C65H83N3O/c1-39-38-66-53(37-48(39)40-26-28-43(29-27-40)59(2,3)4)42-30-41(31-44(32-42)60(5,6)7)47-24-23-25-54-55(47)67-58(49-33-45(61(8,9)10)36-52(57(49)69)65(20,21)22)68(54)56-50(63(14,15)16)34-46(62(11,12)13)35-51(56)64(17,18)19/h23-38,69H,1-22H3/i1D3,8D3,9D3,10D3,20D3,21D3,22D3,33D,36D. The second kappa shape index (κ2) is 17.1. The van der Waals surface area contributed by atoms with E-state index in [2.05, 4.69) is 20.8 Å². The van der Waals surface area contributed by atoms with Gasteiger partial charge in [0.05, 0.1) is 30.7 Å². The van der Waals surface area contributed by atoms with E-state index in [1.807, 2.05) is 132 Å². The van der Waals surface area contributed by atoms with Gasteiger partial charge in [0.2, 0.25) is 0 Å². The predicted octanol–water partition coefficient (Wildman–Crippen LogP) is 18.2. The van der Waals surface area contributed by atoms with E-state index in [9.17, 15) is 7.85 Å². The van der Waals surface area contributed by atoms with Gasteiger partial charge in [0, 0.05) is 51.7 Å². The molecule has 0 atom stereocenters.